The van der Waals surface area contributed by atoms with E-state index in [9.17, 15) is 43.8 Å². The minimum atomic E-state index is -2.53. The lowest BCUT2D eigenvalue weighted by Gasteiger charge is -2.67. The number of hydrogen-bond donors (Lipinski definition) is 5. The SMILES string of the molecule is CC(=O)NC(CC(C)C)C(=O)Nc1ccc(COC(=O)O[C@@H](C(=O)O[C@H]2C[C@@]3(O)[C@@H](OC(=O)c4ccccc4)C4[C@](C)(C(=O)[C@H](OC(C)=O)C(=C2C)C3(C)C)[C@@H](O)C[C@H]2OC[C@@]42OC(C)=O)[C@@H](NC(=O)c2ccccc2)c2ccccc2)cc1. The van der Waals surface area contributed by atoms with Gasteiger partial charge in [0.25, 0.3) is 5.91 Å². The summed E-state index contributed by atoms with van der Waals surface area (Å²) >= 11 is 0. The predicted octanol–water partition coefficient (Wildman–Crippen LogP) is 6.59. The second kappa shape index (κ2) is 24.9. The summed E-state index contributed by atoms with van der Waals surface area (Å²) in [6.45, 7) is 12.5. The van der Waals surface area contributed by atoms with Gasteiger partial charge in [-0.3, -0.25) is 28.8 Å². The highest BCUT2D eigenvalue weighted by Gasteiger charge is 2.78. The molecule has 21 nitrogen and oxygen atoms in total. The first kappa shape index (κ1) is 61.8. The Morgan fingerprint density at radius 2 is 1.37 bits per heavy atom. The summed E-state index contributed by atoms with van der Waals surface area (Å²) in [5.74, 6) is -8.06. The van der Waals surface area contributed by atoms with Crippen LogP contribution in [0.1, 0.15) is 119 Å². The Labute approximate surface area is 486 Å². The number of amides is 3. The first-order valence-electron chi connectivity index (χ1n) is 27.7. The second-order valence-electron chi connectivity index (χ2n) is 23.1. The number of benzene rings is 4. The van der Waals surface area contributed by atoms with Crippen LogP contribution in [-0.4, -0.2) is 124 Å². The topological polar surface area (TPSA) is 295 Å². The van der Waals surface area contributed by atoms with Crippen LogP contribution in [0.4, 0.5) is 10.5 Å². The van der Waals surface area contributed by atoms with Crippen molar-refractivity contribution in [3.05, 3.63) is 149 Å². The van der Waals surface area contributed by atoms with E-state index in [2.05, 4.69) is 16.0 Å². The number of aliphatic hydroxyl groups is 2. The van der Waals surface area contributed by atoms with Crippen molar-refractivity contribution in [2.24, 2.45) is 22.7 Å². The normalized spacial score (nSPS) is 26.7. The first-order valence-corrected chi connectivity index (χ1v) is 27.7. The van der Waals surface area contributed by atoms with Crippen LogP contribution in [0.15, 0.2) is 126 Å². The molecule has 4 aromatic carbocycles. The van der Waals surface area contributed by atoms with Crippen molar-refractivity contribution in [2.75, 3.05) is 11.9 Å². The molecule has 2 saturated carbocycles. The lowest BCUT2D eigenvalue weighted by atomic mass is 9.44. The number of hydrogen-bond acceptors (Lipinski definition) is 18. The lowest BCUT2D eigenvalue weighted by Crippen LogP contribution is -2.82. The van der Waals surface area contributed by atoms with E-state index < -0.39 is 137 Å². The monoisotopic (exact) mass is 1160 g/mol. The molecular formula is C63H71N3O18. The van der Waals surface area contributed by atoms with E-state index in [1.807, 2.05) is 13.8 Å². The van der Waals surface area contributed by atoms with Crippen LogP contribution in [0.3, 0.4) is 0 Å². The third kappa shape index (κ3) is 12.3. The van der Waals surface area contributed by atoms with Crippen LogP contribution in [0.25, 0.3) is 0 Å². The van der Waals surface area contributed by atoms with Crippen molar-refractivity contribution in [3.63, 3.8) is 0 Å². The van der Waals surface area contributed by atoms with Crippen LogP contribution in [0.5, 0.6) is 0 Å². The van der Waals surface area contributed by atoms with Gasteiger partial charge in [0.2, 0.25) is 17.9 Å². The van der Waals surface area contributed by atoms with E-state index in [-0.39, 0.29) is 52.7 Å². The Hall–Kier alpha value is -8.27. The summed E-state index contributed by atoms with van der Waals surface area (Å²) in [6.07, 6.45) is -12.3. The molecular weight excluding hydrogens is 1090 g/mol. The van der Waals surface area contributed by atoms with Crippen molar-refractivity contribution in [1.82, 2.24) is 10.6 Å². The fourth-order valence-electron chi connectivity index (χ4n) is 12.4. The van der Waals surface area contributed by atoms with Gasteiger partial charge >= 0.3 is 30.0 Å². The van der Waals surface area contributed by atoms with Crippen LogP contribution in [0.2, 0.25) is 0 Å². The molecule has 0 radical (unpaired) electrons. The molecule has 84 heavy (non-hydrogen) atoms. The number of esters is 4. The number of carbonyl (C=O) groups is 9. The number of anilines is 1. The summed E-state index contributed by atoms with van der Waals surface area (Å²) in [7, 11) is 0. The summed E-state index contributed by atoms with van der Waals surface area (Å²) in [5, 5.41) is 34.6. The number of nitrogens with one attached hydrogen (secondary N) is 3. The van der Waals surface area contributed by atoms with E-state index in [4.69, 9.17) is 33.2 Å². The zero-order valence-corrected chi connectivity index (χ0v) is 48.2. The number of Topliss-reactive ketones (excluding diaryl/α,β-unsaturated/α-hetero) is 1. The minimum Gasteiger partial charge on any atom is -0.455 e. The highest BCUT2D eigenvalue weighted by molar-refractivity contribution is 5.98. The smallest absolute Gasteiger partial charge is 0.455 e. The fourth-order valence-corrected chi connectivity index (χ4v) is 12.4. The van der Waals surface area contributed by atoms with Crippen LogP contribution in [0, 0.1) is 22.7 Å². The molecule has 3 aliphatic carbocycles. The number of ketones is 1. The second-order valence-corrected chi connectivity index (χ2v) is 23.1. The molecule has 12 atom stereocenters. The quantitative estimate of drug-likeness (QED) is 0.0399. The standard InChI is InChI=1S/C63H71N3O18/c1-34(2)29-44(64-36(4)67)56(73)65-43-27-25-39(26-28-43)32-78-59(76)82-51(49(40-19-13-10-14-20-40)66-55(72)41-21-15-11-16-22-41)58(75)81-45-31-63(77)54(83-57(74)42-23-17-12-18-24-42)52-61(9,46(70)30-47-62(52,33-79-47)84-38(6)69)53(71)50(80-37(5)68)48(35(45)3)60(63,7)8/h10-28,34,44-47,49-52,54,70,77H,29-33H2,1-9H3,(H,64,67)(H,65,73)(H,66,72)/t44?,45-,46-,47+,49-,50+,51+,52?,54-,61+,62-,63+/m0/s1. The summed E-state index contributed by atoms with van der Waals surface area (Å²) in [4.78, 5) is 126. The van der Waals surface area contributed by atoms with Gasteiger partial charge in [-0.1, -0.05) is 107 Å². The number of aliphatic hydroxyl groups excluding tert-OH is 1. The molecule has 0 aromatic heterocycles. The van der Waals surface area contributed by atoms with Crippen molar-refractivity contribution in [2.45, 2.75) is 148 Å². The fraction of sp³-hybridized carbons (Fsp3) is 0.444. The Morgan fingerprint density at radius 1 is 0.762 bits per heavy atom. The molecule has 8 rings (SSSR count). The number of fused-ring (bicyclic) bond motifs is 5. The van der Waals surface area contributed by atoms with E-state index >= 15 is 9.59 Å². The third-order valence-corrected chi connectivity index (χ3v) is 16.7. The van der Waals surface area contributed by atoms with Gasteiger partial charge in [0.05, 0.1) is 29.6 Å². The van der Waals surface area contributed by atoms with Crippen molar-refractivity contribution < 1.29 is 86.5 Å². The van der Waals surface area contributed by atoms with E-state index in [1.165, 1.54) is 58.9 Å². The average Bonchev–Trinajstić information content (AvgIpc) is 0.684. The maximum atomic E-state index is 15.9. The molecule has 5 N–H and O–H groups in total. The molecule has 1 heterocycles. The van der Waals surface area contributed by atoms with Gasteiger partial charge in [0.1, 0.15) is 42.6 Å². The summed E-state index contributed by atoms with van der Waals surface area (Å²) in [5.41, 5.74) is -7.09. The molecule has 4 aromatic rings. The maximum Gasteiger partial charge on any atom is 0.509 e. The molecule has 1 saturated heterocycles. The molecule has 21 heteroatoms. The van der Waals surface area contributed by atoms with Crippen molar-refractivity contribution in [1.29, 1.82) is 0 Å². The van der Waals surface area contributed by atoms with Crippen LogP contribution in [-0.2, 0) is 68.5 Å². The Bertz CT molecular complexity index is 3190. The molecule has 2 bridgehead atoms. The van der Waals surface area contributed by atoms with Gasteiger partial charge in [-0.25, -0.2) is 14.4 Å². The number of carbonyl (C=O) groups excluding carboxylic acids is 9. The summed E-state index contributed by atoms with van der Waals surface area (Å²) < 4.78 is 42.5. The molecule has 0 spiro atoms. The molecule has 2 unspecified atom stereocenters. The van der Waals surface area contributed by atoms with Gasteiger partial charge in [-0.05, 0) is 84.9 Å². The van der Waals surface area contributed by atoms with Crippen LogP contribution < -0.4 is 16.0 Å². The molecule has 1 aliphatic heterocycles. The average molecular weight is 1160 g/mol. The highest BCUT2D eigenvalue weighted by Crippen LogP contribution is 2.64. The maximum absolute atomic E-state index is 15.9. The first-order chi connectivity index (χ1) is 39.7. The van der Waals surface area contributed by atoms with Crippen molar-refractivity contribution >= 4 is 59.2 Å². The lowest BCUT2D eigenvalue weighted by molar-refractivity contribution is -0.346. The number of ether oxygens (including phenoxy) is 7. The molecule has 3 fully saturated rings. The van der Waals surface area contributed by atoms with Gasteiger partial charge in [0, 0.05) is 50.3 Å². The molecule has 4 aliphatic rings. The van der Waals surface area contributed by atoms with E-state index in [0.29, 0.717) is 17.7 Å². The van der Waals surface area contributed by atoms with Gasteiger partial charge in [0.15, 0.2) is 17.5 Å². The zero-order valence-electron chi connectivity index (χ0n) is 48.2. The number of rotatable bonds is 18. The molecule has 3 amide bonds. The predicted molar refractivity (Wildman–Crippen MR) is 299 cm³/mol. The minimum absolute atomic E-state index is 0.0177. The van der Waals surface area contributed by atoms with Crippen molar-refractivity contribution in [3.8, 4) is 0 Å². The van der Waals surface area contributed by atoms with E-state index in [0.717, 1.165) is 13.8 Å². The van der Waals surface area contributed by atoms with Gasteiger partial charge in [-0.2, -0.15) is 0 Å². The van der Waals surface area contributed by atoms with Crippen LogP contribution >= 0.6 is 0 Å². The van der Waals surface area contributed by atoms with Gasteiger partial charge in [-0.15, -0.1) is 0 Å². The van der Waals surface area contributed by atoms with E-state index in [1.54, 1.807) is 91.0 Å². The third-order valence-electron chi connectivity index (χ3n) is 16.7. The summed E-state index contributed by atoms with van der Waals surface area (Å²) in [6, 6.07) is 27.7. The zero-order chi connectivity index (χ0) is 61.1. The Balaban J connectivity index is 1.20. The van der Waals surface area contributed by atoms with Gasteiger partial charge < -0.3 is 59.3 Å². The Morgan fingerprint density at radius 3 is 1.93 bits per heavy atom. The Kier molecular flexibility index (Phi) is 18.3. The largest absolute Gasteiger partial charge is 0.509 e. The molecule has 446 valence electrons. The highest BCUT2D eigenvalue weighted by atomic mass is 16.7.